The Hall–Kier alpha value is -1.81. The van der Waals surface area contributed by atoms with E-state index in [0.717, 1.165) is 5.75 Å². The van der Waals surface area contributed by atoms with Crippen LogP contribution in [0.25, 0.3) is 0 Å². The van der Waals surface area contributed by atoms with Crippen molar-refractivity contribution in [2.75, 3.05) is 0 Å². The van der Waals surface area contributed by atoms with E-state index in [1.165, 1.54) is 0 Å². The zero-order valence-corrected chi connectivity index (χ0v) is 13.6. The molecule has 0 unspecified atom stereocenters. The lowest BCUT2D eigenvalue weighted by atomic mass is 10.3. The summed E-state index contributed by atoms with van der Waals surface area (Å²) in [4.78, 5) is 7.73. The van der Waals surface area contributed by atoms with Crippen molar-refractivity contribution in [1.29, 1.82) is 0 Å². The van der Waals surface area contributed by atoms with Gasteiger partial charge < -0.3 is 4.74 Å². The molecular weight excluding hydrogens is 343 g/mol. The van der Waals surface area contributed by atoms with Gasteiger partial charge >= 0.3 is 0 Å². The molecule has 0 amide bonds. The summed E-state index contributed by atoms with van der Waals surface area (Å²) in [7, 11) is 0. The first-order chi connectivity index (χ1) is 10.7. The van der Waals surface area contributed by atoms with Gasteiger partial charge in [0.05, 0.1) is 5.02 Å². The van der Waals surface area contributed by atoms with Gasteiger partial charge in [-0.1, -0.05) is 53.0 Å². The average Bonchev–Trinajstić information content (AvgIpc) is 2.54. The highest BCUT2D eigenvalue weighted by molar-refractivity contribution is 6.41. The predicted octanol–water partition coefficient (Wildman–Crippen LogP) is 5.92. The Labute approximate surface area is 143 Å². The Morgan fingerprint density at radius 2 is 1.32 bits per heavy atom. The molecule has 0 fully saturated rings. The van der Waals surface area contributed by atoms with Crippen molar-refractivity contribution in [3.05, 3.63) is 82.2 Å². The maximum absolute atomic E-state index is 5.89. The smallest absolute Gasteiger partial charge is 0.238 e. The van der Waals surface area contributed by atoms with Gasteiger partial charge in [-0.05, 0) is 36.4 Å². The van der Waals surface area contributed by atoms with E-state index in [9.17, 15) is 0 Å². The Morgan fingerprint density at radius 3 is 1.86 bits per heavy atom. The molecule has 1 aromatic carbocycles. The summed E-state index contributed by atoms with van der Waals surface area (Å²) in [6.07, 6.45) is 3.23. The van der Waals surface area contributed by atoms with Gasteiger partial charge in [0.1, 0.15) is 15.9 Å². The quantitative estimate of drug-likeness (QED) is 0.537. The van der Waals surface area contributed by atoms with Crippen molar-refractivity contribution in [1.82, 2.24) is 9.97 Å². The van der Waals surface area contributed by atoms with Crippen LogP contribution >= 0.6 is 34.8 Å². The number of hydrogen-bond acceptors (Lipinski definition) is 3. The molecule has 6 heteroatoms. The van der Waals surface area contributed by atoms with Gasteiger partial charge in [-0.15, -0.1) is 0 Å². The summed E-state index contributed by atoms with van der Waals surface area (Å²) < 4.78 is 5.47. The zero-order chi connectivity index (χ0) is 15.8. The highest BCUT2D eigenvalue weighted by atomic mass is 35.5. The van der Waals surface area contributed by atoms with E-state index in [2.05, 4.69) is 9.97 Å². The van der Waals surface area contributed by atoms with Gasteiger partial charge in [0.2, 0.25) is 5.88 Å². The van der Waals surface area contributed by atoms with Crippen LogP contribution in [0.3, 0.4) is 0 Å². The third-order valence-corrected chi connectivity index (χ3v) is 3.39. The lowest BCUT2D eigenvalue weighted by Gasteiger charge is -2.04. The second-order valence-electron chi connectivity index (χ2n) is 3.98. The van der Waals surface area contributed by atoms with E-state index in [-0.39, 0.29) is 0 Å². The standard InChI is InChI=1S/C11H8ClNO.C5H3Cl2N/c12-10-7-4-8-13-11(10)14-9-5-2-1-3-6-9;6-4-2-1-3-8-5(4)7/h1-8H;1-3H. The molecule has 0 bridgehead atoms. The SMILES string of the molecule is Clc1cccnc1Cl.Clc1cccnc1Oc1ccccc1. The molecule has 0 N–H and O–H groups in total. The Bertz CT molecular complexity index is 702. The lowest BCUT2D eigenvalue weighted by molar-refractivity contribution is 0.463. The van der Waals surface area contributed by atoms with Gasteiger partial charge in [-0.2, -0.15) is 0 Å². The zero-order valence-electron chi connectivity index (χ0n) is 11.3. The van der Waals surface area contributed by atoms with E-state index in [4.69, 9.17) is 39.5 Å². The Morgan fingerprint density at radius 1 is 0.682 bits per heavy atom. The van der Waals surface area contributed by atoms with Crippen LogP contribution in [0.2, 0.25) is 15.2 Å². The highest BCUT2D eigenvalue weighted by Gasteiger charge is 2.01. The molecule has 0 aliphatic rings. The molecule has 112 valence electrons. The van der Waals surface area contributed by atoms with E-state index in [0.29, 0.717) is 21.1 Å². The number of hydrogen-bond donors (Lipinski definition) is 0. The summed E-state index contributed by atoms with van der Waals surface area (Å²) in [5, 5.41) is 1.36. The third kappa shape index (κ3) is 5.19. The van der Waals surface area contributed by atoms with Crippen LogP contribution in [0, 0.1) is 0 Å². The van der Waals surface area contributed by atoms with Crippen molar-refractivity contribution in [3.63, 3.8) is 0 Å². The molecule has 0 spiro atoms. The van der Waals surface area contributed by atoms with E-state index in [1.54, 1.807) is 36.7 Å². The first-order valence-electron chi connectivity index (χ1n) is 6.26. The van der Waals surface area contributed by atoms with Crippen LogP contribution in [-0.4, -0.2) is 9.97 Å². The topological polar surface area (TPSA) is 35.0 Å². The average molecular weight is 354 g/mol. The number of para-hydroxylation sites is 1. The molecule has 0 saturated heterocycles. The number of pyridine rings is 2. The normalized spacial score (nSPS) is 9.59. The van der Waals surface area contributed by atoms with Crippen molar-refractivity contribution in [2.45, 2.75) is 0 Å². The van der Waals surface area contributed by atoms with Crippen LogP contribution in [-0.2, 0) is 0 Å². The fourth-order valence-electron chi connectivity index (χ4n) is 1.41. The first-order valence-corrected chi connectivity index (χ1v) is 7.39. The van der Waals surface area contributed by atoms with Crippen molar-refractivity contribution < 1.29 is 4.74 Å². The van der Waals surface area contributed by atoms with E-state index < -0.39 is 0 Å². The summed E-state index contributed by atoms with van der Waals surface area (Å²) in [6, 6.07) is 16.3. The summed E-state index contributed by atoms with van der Waals surface area (Å²) >= 11 is 16.9. The van der Waals surface area contributed by atoms with Crippen LogP contribution in [0.4, 0.5) is 0 Å². The molecule has 0 atom stereocenters. The number of ether oxygens (including phenoxy) is 1. The second kappa shape index (κ2) is 8.59. The number of halogens is 3. The fraction of sp³-hybridized carbons (Fsp3) is 0. The monoisotopic (exact) mass is 352 g/mol. The highest BCUT2D eigenvalue weighted by Crippen LogP contribution is 2.25. The van der Waals surface area contributed by atoms with Gasteiger partial charge in [0.25, 0.3) is 0 Å². The molecular formula is C16H11Cl3N2O. The Kier molecular flexibility index (Phi) is 6.46. The number of benzene rings is 1. The molecule has 2 heterocycles. The summed E-state index contributed by atoms with van der Waals surface area (Å²) in [5.41, 5.74) is 0. The summed E-state index contributed by atoms with van der Waals surface area (Å²) in [6.45, 7) is 0. The van der Waals surface area contributed by atoms with Crippen molar-refractivity contribution in [2.24, 2.45) is 0 Å². The predicted molar refractivity (Wildman–Crippen MR) is 90.0 cm³/mol. The minimum Gasteiger partial charge on any atom is -0.438 e. The lowest BCUT2D eigenvalue weighted by Crippen LogP contribution is -1.87. The molecule has 3 aromatic rings. The third-order valence-electron chi connectivity index (χ3n) is 2.40. The van der Waals surface area contributed by atoms with Crippen LogP contribution in [0.15, 0.2) is 67.0 Å². The van der Waals surface area contributed by atoms with Crippen LogP contribution in [0.1, 0.15) is 0 Å². The second-order valence-corrected chi connectivity index (χ2v) is 5.15. The maximum Gasteiger partial charge on any atom is 0.238 e. The molecule has 3 rings (SSSR count). The van der Waals surface area contributed by atoms with E-state index >= 15 is 0 Å². The molecule has 3 nitrogen and oxygen atoms in total. The molecule has 2 aromatic heterocycles. The molecule has 22 heavy (non-hydrogen) atoms. The Balaban J connectivity index is 0.000000188. The van der Waals surface area contributed by atoms with Gasteiger partial charge in [-0.25, -0.2) is 9.97 Å². The van der Waals surface area contributed by atoms with Gasteiger partial charge in [-0.3, -0.25) is 0 Å². The van der Waals surface area contributed by atoms with Crippen molar-refractivity contribution in [3.8, 4) is 11.6 Å². The minimum atomic E-state index is 0.356. The maximum atomic E-state index is 5.89. The van der Waals surface area contributed by atoms with Gasteiger partial charge in [0.15, 0.2) is 0 Å². The first kappa shape index (κ1) is 16.6. The minimum absolute atomic E-state index is 0.356. The van der Waals surface area contributed by atoms with Gasteiger partial charge in [0, 0.05) is 12.4 Å². The number of rotatable bonds is 2. The number of nitrogens with zero attached hydrogens (tertiary/aromatic N) is 2. The van der Waals surface area contributed by atoms with Crippen LogP contribution < -0.4 is 4.74 Å². The van der Waals surface area contributed by atoms with Crippen LogP contribution in [0.5, 0.6) is 11.6 Å². The molecule has 0 saturated carbocycles. The fourth-order valence-corrected chi connectivity index (χ4v) is 1.81. The summed E-state index contributed by atoms with van der Waals surface area (Å²) in [5.74, 6) is 1.16. The van der Waals surface area contributed by atoms with Crippen molar-refractivity contribution >= 4 is 34.8 Å². The molecule has 0 radical (unpaired) electrons. The molecule has 0 aliphatic carbocycles. The largest absolute Gasteiger partial charge is 0.438 e. The number of aromatic nitrogens is 2. The van der Waals surface area contributed by atoms with E-state index in [1.807, 2.05) is 30.3 Å². The molecule has 0 aliphatic heterocycles.